The lowest BCUT2D eigenvalue weighted by atomic mass is 10.1. The van der Waals surface area contributed by atoms with Crippen LogP contribution < -0.4 is 10.2 Å². The first-order chi connectivity index (χ1) is 13.3. The highest BCUT2D eigenvalue weighted by Crippen LogP contribution is 2.32. The van der Waals surface area contributed by atoms with Gasteiger partial charge in [-0.25, -0.2) is 8.42 Å². The summed E-state index contributed by atoms with van der Waals surface area (Å²) >= 11 is 0. The number of nitrogens with zero attached hydrogens (tertiary/aromatic N) is 3. The highest BCUT2D eigenvalue weighted by atomic mass is 32.2. The van der Waals surface area contributed by atoms with E-state index in [1.54, 1.807) is 16.4 Å². The molecule has 2 fully saturated rings. The van der Waals surface area contributed by atoms with Crippen LogP contribution in [0.4, 0.5) is 11.4 Å². The van der Waals surface area contributed by atoms with Crippen LogP contribution in [0.25, 0.3) is 0 Å². The summed E-state index contributed by atoms with van der Waals surface area (Å²) in [5, 5.41) is 2.96. The molecule has 2 aliphatic rings. The predicted molar refractivity (Wildman–Crippen MR) is 112 cm³/mol. The Labute approximate surface area is 168 Å². The molecule has 1 N–H and O–H groups in total. The van der Waals surface area contributed by atoms with Gasteiger partial charge in [-0.05, 0) is 38.1 Å². The van der Waals surface area contributed by atoms with Gasteiger partial charge in [0, 0.05) is 45.2 Å². The van der Waals surface area contributed by atoms with Crippen molar-refractivity contribution in [3.63, 3.8) is 0 Å². The Morgan fingerprint density at radius 3 is 2.25 bits per heavy atom. The molecule has 28 heavy (non-hydrogen) atoms. The number of carbonyl (C=O) groups is 1. The summed E-state index contributed by atoms with van der Waals surface area (Å²) in [6.45, 7) is 8.36. The molecule has 0 saturated carbocycles. The van der Waals surface area contributed by atoms with E-state index in [1.807, 2.05) is 19.9 Å². The molecule has 0 unspecified atom stereocenters. The van der Waals surface area contributed by atoms with Crippen LogP contribution in [0.1, 0.15) is 33.1 Å². The van der Waals surface area contributed by atoms with Crippen LogP contribution in [-0.2, 0) is 14.8 Å². The molecular formula is C20H32N4O3S. The van der Waals surface area contributed by atoms with Gasteiger partial charge in [-0.1, -0.05) is 20.3 Å². The first-order valence-electron chi connectivity index (χ1n) is 10.2. The maximum Gasteiger partial charge on any atom is 0.243 e. The van der Waals surface area contributed by atoms with Crippen LogP contribution in [0, 0.1) is 5.92 Å². The van der Waals surface area contributed by atoms with Gasteiger partial charge in [0.15, 0.2) is 0 Å². The third-order valence-corrected chi connectivity index (χ3v) is 7.44. The molecule has 0 spiro atoms. The van der Waals surface area contributed by atoms with E-state index in [0.717, 1.165) is 51.1 Å². The fourth-order valence-electron chi connectivity index (χ4n) is 3.63. The smallest absolute Gasteiger partial charge is 0.243 e. The summed E-state index contributed by atoms with van der Waals surface area (Å²) in [6.07, 6.45) is 2.87. The molecule has 0 bridgehead atoms. The predicted octanol–water partition coefficient (Wildman–Crippen LogP) is 2.21. The fraction of sp³-hybridized carbons (Fsp3) is 0.650. The summed E-state index contributed by atoms with van der Waals surface area (Å²) in [6, 6.07) is 5.17. The lowest BCUT2D eigenvalue weighted by molar-refractivity contribution is -0.118. The number of carbonyl (C=O) groups excluding carboxylic acids is 1. The second-order valence-corrected chi connectivity index (χ2v) is 10.0. The van der Waals surface area contributed by atoms with E-state index in [4.69, 9.17) is 0 Å². The van der Waals surface area contributed by atoms with Gasteiger partial charge in [-0.3, -0.25) is 4.79 Å². The van der Waals surface area contributed by atoms with E-state index in [9.17, 15) is 13.2 Å². The third kappa shape index (κ3) is 4.67. The number of hydrogen-bond acceptors (Lipinski definition) is 5. The van der Waals surface area contributed by atoms with Crippen molar-refractivity contribution in [1.82, 2.24) is 9.21 Å². The number of nitrogens with one attached hydrogen (secondary N) is 1. The van der Waals surface area contributed by atoms with Crippen molar-refractivity contribution in [2.24, 2.45) is 5.92 Å². The van der Waals surface area contributed by atoms with Crippen LogP contribution in [0.5, 0.6) is 0 Å². The zero-order chi connectivity index (χ0) is 20.3. The second kappa shape index (κ2) is 8.80. The molecule has 2 saturated heterocycles. The fourth-order valence-corrected chi connectivity index (χ4v) is 5.17. The van der Waals surface area contributed by atoms with Crippen molar-refractivity contribution < 1.29 is 13.2 Å². The molecule has 0 radical (unpaired) electrons. The van der Waals surface area contributed by atoms with Crippen molar-refractivity contribution in [3.8, 4) is 0 Å². The zero-order valence-electron chi connectivity index (χ0n) is 17.1. The van der Waals surface area contributed by atoms with E-state index in [-0.39, 0.29) is 16.7 Å². The normalized spacial score (nSPS) is 19.8. The Morgan fingerprint density at radius 2 is 1.64 bits per heavy atom. The number of anilines is 2. The highest BCUT2D eigenvalue weighted by molar-refractivity contribution is 7.89. The van der Waals surface area contributed by atoms with Crippen molar-refractivity contribution >= 4 is 27.3 Å². The second-order valence-electron chi connectivity index (χ2n) is 8.08. The van der Waals surface area contributed by atoms with Gasteiger partial charge in [-0.2, -0.15) is 4.31 Å². The quantitative estimate of drug-likeness (QED) is 0.809. The molecule has 1 aromatic rings. The average Bonchev–Trinajstić information content (AvgIpc) is 2.69. The molecule has 156 valence electrons. The monoisotopic (exact) mass is 408 g/mol. The highest BCUT2D eigenvalue weighted by Gasteiger charge is 2.28. The largest absolute Gasteiger partial charge is 0.367 e. The SMILES string of the molecule is CC(C)C(=O)Nc1cc(S(=O)(=O)N2CCCCC2)ccc1N1CCN(C)CC1. The first-order valence-corrected chi connectivity index (χ1v) is 11.6. The Bertz CT molecular complexity index is 796. The van der Waals surface area contributed by atoms with Gasteiger partial charge in [-0.15, -0.1) is 0 Å². The Morgan fingerprint density at radius 1 is 1.00 bits per heavy atom. The number of piperidine rings is 1. The van der Waals surface area contributed by atoms with Gasteiger partial charge in [0.2, 0.25) is 15.9 Å². The van der Waals surface area contributed by atoms with Gasteiger partial charge in [0.05, 0.1) is 16.3 Å². The van der Waals surface area contributed by atoms with E-state index in [2.05, 4.69) is 22.2 Å². The van der Waals surface area contributed by atoms with Crippen molar-refractivity contribution in [1.29, 1.82) is 0 Å². The van der Waals surface area contributed by atoms with E-state index in [0.29, 0.717) is 18.8 Å². The van der Waals surface area contributed by atoms with Crippen molar-refractivity contribution in [2.75, 3.05) is 56.5 Å². The van der Waals surface area contributed by atoms with Crippen LogP contribution in [0.3, 0.4) is 0 Å². The molecular weight excluding hydrogens is 376 g/mol. The number of benzene rings is 1. The van der Waals surface area contributed by atoms with Gasteiger partial charge < -0.3 is 15.1 Å². The maximum atomic E-state index is 13.1. The van der Waals surface area contributed by atoms with E-state index >= 15 is 0 Å². The van der Waals surface area contributed by atoms with Crippen LogP contribution in [0.2, 0.25) is 0 Å². The van der Waals surface area contributed by atoms with Crippen LogP contribution in [0.15, 0.2) is 23.1 Å². The molecule has 1 amide bonds. The average molecular weight is 409 g/mol. The van der Waals surface area contributed by atoms with Crippen molar-refractivity contribution in [2.45, 2.75) is 38.0 Å². The number of piperazine rings is 1. The summed E-state index contributed by atoms with van der Waals surface area (Å²) in [5.74, 6) is -0.286. The molecule has 2 heterocycles. The van der Waals surface area contributed by atoms with Gasteiger partial charge in [0.1, 0.15) is 0 Å². The summed E-state index contributed by atoms with van der Waals surface area (Å²) < 4.78 is 27.7. The van der Waals surface area contributed by atoms with Crippen molar-refractivity contribution in [3.05, 3.63) is 18.2 Å². The minimum Gasteiger partial charge on any atom is -0.367 e. The maximum absolute atomic E-state index is 13.1. The van der Waals surface area contributed by atoms with Crippen LogP contribution in [-0.4, -0.2) is 69.8 Å². The Hall–Kier alpha value is -1.64. The number of amides is 1. The summed E-state index contributed by atoms with van der Waals surface area (Å²) in [7, 11) is -1.45. The lowest BCUT2D eigenvalue weighted by Gasteiger charge is -2.35. The van der Waals surface area contributed by atoms with Gasteiger partial charge in [0.25, 0.3) is 0 Å². The Balaban J connectivity index is 1.93. The third-order valence-electron chi connectivity index (χ3n) is 5.55. The zero-order valence-corrected chi connectivity index (χ0v) is 18.0. The van der Waals surface area contributed by atoms with Crippen LogP contribution >= 0.6 is 0 Å². The summed E-state index contributed by atoms with van der Waals surface area (Å²) in [5.41, 5.74) is 1.47. The minimum atomic E-state index is -3.54. The molecule has 8 heteroatoms. The van der Waals surface area contributed by atoms with Gasteiger partial charge >= 0.3 is 0 Å². The molecule has 0 atom stereocenters. The molecule has 1 aromatic carbocycles. The molecule has 0 aliphatic carbocycles. The summed E-state index contributed by atoms with van der Waals surface area (Å²) in [4.78, 5) is 17.1. The van der Waals surface area contributed by atoms with E-state index in [1.165, 1.54) is 0 Å². The number of sulfonamides is 1. The molecule has 7 nitrogen and oxygen atoms in total. The standard InChI is InChI=1S/C20H32N4O3S/c1-16(2)20(25)21-18-15-17(28(26,27)24-9-5-4-6-10-24)7-8-19(18)23-13-11-22(3)12-14-23/h7-8,15-16H,4-6,9-14H2,1-3H3,(H,21,25). The molecule has 2 aliphatic heterocycles. The molecule has 3 rings (SSSR count). The van der Waals surface area contributed by atoms with E-state index < -0.39 is 10.0 Å². The minimum absolute atomic E-state index is 0.108. The number of likely N-dealkylation sites (N-methyl/N-ethyl adjacent to an activating group) is 1. The first kappa shape index (κ1) is 21.1. The molecule has 0 aromatic heterocycles. The number of rotatable bonds is 5. The Kier molecular flexibility index (Phi) is 6.62. The lowest BCUT2D eigenvalue weighted by Crippen LogP contribution is -2.44. The number of hydrogen-bond donors (Lipinski definition) is 1. The topological polar surface area (TPSA) is 73.0 Å².